The second-order valence-electron chi connectivity index (χ2n) is 4.94. The molecule has 1 N–H and O–H groups in total. The Hall–Kier alpha value is -0.740. The Morgan fingerprint density at radius 3 is 2.60 bits per heavy atom. The van der Waals surface area contributed by atoms with E-state index in [0.29, 0.717) is 0 Å². The van der Waals surface area contributed by atoms with E-state index in [-0.39, 0.29) is 4.75 Å². The minimum Gasteiger partial charge on any atom is -0.368 e. The second kappa shape index (κ2) is 6.81. The molecule has 4 heteroatoms. The lowest BCUT2D eigenvalue weighted by atomic mass is 10.0. The number of thioether (sulfide) groups is 1. The Labute approximate surface area is 133 Å². The number of pyridine rings is 1. The molecule has 0 spiro atoms. The topological polar surface area (TPSA) is 24.9 Å². The molecular formula is C16H21BrN2S. The number of halogens is 1. The van der Waals surface area contributed by atoms with E-state index in [0.717, 1.165) is 29.7 Å². The lowest BCUT2D eigenvalue weighted by molar-refractivity contribution is 0.574. The van der Waals surface area contributed by atoms with Crippen LogP contribution in [0, 0.1) is 0 Å². The molecule has 0 bridgehead atoms. The zero-order chi connectivity index (χ0) is 14.6. The number of fused-ring (bicyclic) bond motifs is 1. The molecule has 1 aromatic heterocycles. The summed E-state index contributed by atoms with van der Waals surface area (Å²) in [5.41, 5.74) is 0. The molecular weight excluding hydrogens is 332 g/mol. The maximum Gasteiger partial charge on any atom is 0.133 e. The molecule has 108 valence electrons. The molecule has 0 amide bonds. The smallest absolute Gasteiger partial charge is 0.133 e. The van der Waals surface area contributed by atoms with Crippen LogP contribution < -0.4 is 5.32 Å². The first-order chi connectivity index (χ1) is 9.65. The molecule has 2 aromatic rings. The Morgan fingerprint density at radius 2 is 1.95 bits per heavy atom. The fourth-order valence-electron chi connectivity index (χ4n) is 2.42. The SMILES string of the molecule is CCC(CC)(CNc1nccc2c(Br)cccc12)SC. The number of nitrogens with one attached hydrogen (secondary N) is 1. The zero-order valence-electron chi connectivity index (χ0n) is 12.2. The van der Waals surface area contributed by atoms with Crippen LogP contribution in [0.3, 0.4) is 0 Å². The number of rotatable bonds is 6. The van der Waals surface area contributed by atoms with Gasteiger partial charge in [-0.3, -0.25) is 0 Å². The van der Waals surface area contributed by atoms with Crippen LogP contribution in [-0.2, 0) is 0 Å². The van der Waals surface area contributed by atoms with Crippen LogP contribution in [0.4, 0.5) is 5.82 Å². The quantitative estimate of drug-likeness (QED) is 0.760. The third-order valence-corrected chi connectivity index (χ3v) is 6.33. The molecule has 0 atom stereocenters. The summed E-state index contributed by atoms with van der Waals surface area (Å²) in [6.07, 6.45) is 6.38. The normalized spacial score (nSPS) is 11.8. The van der Waals surface area contributed by atoms with Crippen molar-refractivity contribution in [3.63, 3.8) is 0 Å². The summed E-state index contributed by atoms with van der Waals surface area (Å²) in [6, 6.07) is 8.29. The number of anilines is 1. The highest BCUT2D eigenvalue weighted by molar-refractivity contribution is 9.10. The minimum atomic E-state index is 0.288. The Bertz CT molecular complexity index is 573. The molecule has 0 radical (unpaired) electrons. The fourth-order valence-corrected chi connectivity index (χ4v) is 3.71. The monoisotopic (exact) mass is 352 g/mol. The van der Waals surface area contributed by atoms with Gasteiger partial charge in [0, 0.05) is 32.7 Å². The van der Waals surface area contributed by atoms with E-state index >= 15 is 0 Å². The molecule has 2 nitrogen and oxygen atoms in total. The molecule has 1 aromatic carbocycles. The van der Waals surface area contributed by atoms with Gasteiger partial charge >= 0.3 is 0 Å². The van der Waals surface area contributed by atoms with Crippen molar-refractivity contribution in [1.29, 1.82) is 0 Å². The number of hydrogen-bond acceptors (Lipinski definition) is 3. The zero-order valence-corrected chi connectivity index (χ0v) is 14.6. The van der Waals surface area contributed by atoms with Crippen LogP contribution in [0.25, 0.3) is 10.8 Å². The summed E-state index contributed by atoms with van der Waals surface area (Å²) in [4.78, 5) is 4.51. The van der Waals surface area contributed by atoms with Gasteiger partial charge in [-0.1, -0.05) is 41.9 Å². The molecule has 0 unspecified atom stereocenters. The molecule has 0 saturated carbocycles. The van der Waals surface area contributed by atoms with Crippen molar-refractivity contribution in [3.05, 3.63) is 34.9 Å². The summed E-state index contributed by atoms with van der Waals surface area (Å²) < 4.78 is 1.40. The van der Waals surface area contributed by atoms with Crippen molar-refractivity contribution in [2.24, 2.45) is 0 Å². The van der Waals surface area contributed by atoms with E-state index in [2.05, 4.69) is 64.5 Å². The average Bonchev–Trinajstić information content (AvgIpc) is 2.50. The Balaban J connectivity index is 2.28. The van der Waals surface area contributed by atoms with Crippen molar-refractivity contribution in [2.45, 2.75) is 31.4 Å². The molecule has 0 aliphatic heterocycles. The molecule has 1 heterocycles. The van der Waals surface area contributed by atoms with E-state index in [4.69, 9.17) is 0 Å². The first kappa shape index (κ1) is 15.6. The van der Waals surface area contributed by atoms with Gasteiger partial charge in [-0.15, -0.1) is 0 Å². The van der Waals surface area contributed by atoms with Crippen molar-refractivity contribution in [2.75, 3.05) is 18.1 Å². The van der Waals surface area contributed by atoms with E-state index in [1.807, 2.05) is 24.0 Å². The maximum absolute atomic E-state index is 4.51. The van der Waals surface area contributed by atoms with Gasteiger partial charge < -0.3 is 5.32 Å². The fraction of sp³-hybridized carbons (Fsp3) is 0.438. The summed E-state index contributed by atoms with van der Waals surface area (Å²) in [5.74, 6) is 0.976. The highest BCUT2D eigenvalue weighted by Gasteiger charge is 2.24. The van der Waals surface area contributed by atoms with Gasteiger partial charge in [-0.25, -0.2) is 4.98 Å². The number of nitrogens with zero attached hydrogens (tertiary/aromatic N) is 1. The van der Waals surface area contributed by atoms with Gasteiger partial charge in [-0.05, 0) is 31.2 Å². The number of aromatic nitrogens is 1. The molecule has 0 saturated heterocycles. The maximum atomic E-state index is 4.51. The van der Waals surface area contributed by atoms with Crippen molar-refractivity contribution >= 4 is 44.3 Å². The predicted molar refractivity (Wildman–Crippen MR) is 94.8 cm³/mol. The molecule has 0 aliphatic carbocycles. The first-order valence-electron chi connectivity index (χ1n) is 6.98. The average molecular weight is 353 g/mol. The summed E-state index contributed by atoms with van der Waals surface area (Å²) in [7, 11) is 0. The van der Waals surface area contributed by atoms with Crippen LogP contribution >= 0.6 is 27.7 Å². The summed E-state index contributed by atoms with van der Waals surface area (Å²) in [5, 5.41) is 5.93. The highest BCUT2D eigenvalue weighted by atomic mass is 79.9. The van der Waals surface area contributed by atoms with Crippen molar-refractivity contribution in [1.82, 2.24) is 4.98 Å². The Kier molecular flexibility index (Phi) is 5.33. The van der Waals surface area contributed by atoms with E-state index in [1.54, 1.807) is 0 Å². The first-order valence-corrected chi connectivity index (χ1v) is 9.00. The number of benzene rings is 1. The third kappa shape index (κ3) is 3.12. The molecule has 0 fully saturated rings. The third-order valence-electron chi connectivity index (χ3n) is 4.05. The number of hydrogen-bond donors (Lipinski definition) is 1. The van der Waals surface area contributed by atoms with Gasteiger partial charge in [0.15, 0.2) is 0 Å². The second-order valence-corrected chi connectivity index (χ2v) is 7.07. The van der Waals surface area contributed by atoms with Crippen LogP contribution in [0.1, 0.15) is 26.7 Å². The molecule has 20 heavy (non-hydrogen) atoms. The van der Waals surface area contributed by atoms with Crippen LogP contribution in [0.15, 0.2) is 34.9 Å². The summed E-state index contributed by atoms with van der Waals surface area (Å²) in [6.45, 7) is 5.46. The minimum absolute atomic E-state index is 0.288. The predicted octanol–water partition coefficient (Wildman–Crippen LogP) is 5.33. The molecule has 0 aliphatic rings. The van der Waals surface area contributed by atoms with E-state index < -0.39 is 0 Å². The van der Waals surface area contributed by atoms with Gasteiger partial charge in [0.2, 0.25) is 0 Å². The standard InChI is InChI=1S/C16H21BrN2S/c1-4-16(5-2,20-3)11-19-15-13-7-6-8-14(17)12(13)9-10-18-15/h6-10H,4-5,11H2,1-3H3,(H,18,19). The largest absolute Gasteiger partial charge is 0.368 e. The molecule has 2 rings (SSSR count). The van der Waals surface area contributed by atoms with Gasteiger partial charge in [0.1, 0.15) is 5.82 Å². The lowest BCUT2D eigenvalue weighted by Gasteiger charge is -2.30. The van der Waals surface area contributed by atoms with Crippen LogP contribution in [-0.4, -0.2) is 22.5 Å². The van der Waals surface area contributed by atoms with E-state index in [9.17, 15) is 0 Å². The Morgan fingerprint density at radius 1 is 1.20 bits per heavy atom. The van der Waals surface area contributed by atoms with Crippen LogP contribution in [0.5, 0.6) is 0 Å². The lowest BCUT2D eigenvalue weighted by Crippen LogP contribution is -2.32. The van der Waals surface area contributed by atoms with Crippen LogP contribution in [0.2, 0.25) is 0 Å². The van der Waals surface area contributed by atoms with Gasteiger partial charge in [-0.2, -0.15) is 11.8 Å². The highest BCUT2D eigenvalue weighted by Crippen LogP contribution is 2.32. The van der Waals surface area contributed by atoms with Gasteiger partial charge in [0.25, 0.3) is 0 Å². The summed E-state index contributed by atoms with van der Waals surface area (Å²) >= 11 is 5.55. The van der Waals surface area contributed by atoms with Gasteiger partial charge in [0.05, 0.1) is 0 Å². The van der Waals surface area contributed by atoms with E-state index in [1.165, 1.54) is 10.8 Å². The van der Waals surface area contributed by atoms with Crippen molar-refractivity contribution < 1.29 is 0 Å². The van der Waals surface area contributed by atoms with Crippen molar-refractivity contribution in [3.8, 4) is 0 Å².